The number of aromatic nitrogens is 2. The lowest BCUT2D eigenvalue weighted by molar-refractivity contribution is 0.0989. The van der Waals surface area contributed by atoms with E-state index in [1.165, 1.54) is 12.1 Å². The molecule has 1 unspecified atom stereocenters. The SMILES string of the molecule is COc1ccc(-c2n[nH]c3c2C(c2ccc(F)cc2)N(c2ccc(Br)cc2)C3=O)cc1. The lowest BCUT2D eigenvalue weighted by Crippen LogP contribution is -2.29. The number of rotatable bonds is 4. The van der Waals surface area contributed by atoms with E-state index in [1.54, 1.807) is 24.1 Å². The van der Waals surface area contributed by atoms with Crippen molar-refractivity contribution >= 4 is 27.5 Å². The van der Waals surface area contributed by atoms with Crippen molar-refractivity contribution in [1.29, 1.82) is 0 Å². The molecule has 5 nitrogen and oxygen atoms in total. The van der Waals surface area contributed by atoms with Gasteiger partial charge in [0.05, 0.1) is 18.8 Å². The third kappa shape index (κ3) is 3.31. The third-order valence-electron chi connectivity index (χ3n) is 5.42. The lowest BCUT2D eigenvalue weighted by atomic mass is 9.96. The second kappa shape index (κ2) is 7.67. The fourth-order valence-electron chi connectivity index (χ4n) is 3.94. The number of carbonyl (C=O) groups excluding carboxylic acids is 1. The zero-order chi connectivity index (χ0) is 21.5. The quantitative estimate of drug-likeness (QED) is 0.407. The molecule has 0 saturated carbocycles. The number of nitrogens with one attached hydrogen (secondary N) is 1. The van der Waals surface area contributed by atoms with Crippen molar-refractivity contribution in [3.8, 4) is 17.0 Å². The predicted octanol–water partition coefficient (Wildman–Crippen LogP) is 5.74. The van der Waals surface area contributed by atoms with Crippen LogP contribution in [0, 0.1) is 5.82 Å². The van der Waals surface area contributed by atoms with E-state index in [1.807, 2.05) is 48.5 Å². The Bertz CT molecular complexity index is 1250. The Kier molecular flexibility index (Phi) is 4.82. The summed E-state index contributed by atoms with van der Waals surface area (Å²) in [5.74, 6) is 0.226. The number of benzene rings is 3. The number of halogens is 2. The van der Waals surface area contributed by atoms with Gasteiger partial charge in [-0.1, -0.05) is 28.1 Å². The number of nitrogens with zero attached hydrogens (tertiary/aromatic N) is 2. The molecule has 0 spiro atoms. The molecule has 5 rings (SSSR count). The minimum absolute atomic E-state index is 0.182. The highest BCUT2D eigenvalue weighted by Gasteiger charge is 2.43. The van der Waals surface area contributed by atoms with E-state index in [0.29, 0.717) is 11.4 Å². The molecule has 7 heteroatoms. The molecule has 1 amide bonds. The van der Waals surface area contributed by atoms with Crippen LogP contribution in [0.15, 0.2) is 77.3 Å². The van der Waals surface area contributed by atoms with E-state index in [-0.39, 0.29) is 11.7 Å². The number of hydrogen-bond acceptors (Lipinski definition) is 3. The van der Waals surface area contributed by atoms with Gasteiger partial charge in [0.15, 0.2) is 0 Å². The first-order valence-corrected chi connectivity index (χ1v) is 10.4. The summed E-state index contributed by atoms with van der Waals surface area (Å²) >= 11 is 3.44. The van der Waals surface area contributed by atoms with Gasteiger partial charge in [0.25, 0.3) is 5.91 Å². The molecule has 154 valence electrons. The van der Waals surface area contributed by atoms with Crippen molar-refractivity contribution in [2.24, 2.45) is 0 Å². The zero-order valence-electron chi connectivity index (χ0n) is 16.5. The number of anilines is 1. The molecular weight excluding hydrogens is 461 g/mol. The summed E-state index contributed by atoms with van der Waals surface area (Å²) in [5, 5.41) is 7.38. The molecule has 0 aliphatic carbocycles. The Balaban J connectivity index is 1.69. The standard InChI is InChI=1S/C24H17BrFN3O2/c1-31-19-12-4-14(5-13-19)21-20-22(28-27-21)24(30)29(18-10-6-16(25)7-11-18)23(20)15-2-8-17(26)9-3-15/h2-13,23H,1H3,(H,27,28). The van der Waals surface area contributed by atoms with E-state index in [0.717, 1.165) is 32.6 Å². The largest absolute Gasteiger partial charge is 0.497 e. The first kappa shape index (κ1) is 19.5. The minimum atomic E-state index is -0.444. The van der Waals surface area contributed by atoms with Gasteiger partial charge in [-0.15, -0.1) is 0 Å². The molecule has 1 aromatic heterocycles. The topological polar surface area (TPSA) is 58.2 Å². The smallest absolute Gasteiger partial charge is 0.277 e. The average Bonchev–Trinajstić information content (AvgIpc) is 3.34. The van der Waals surface area contributed by atoms with Gasteiger partial charge in [0, 0.05) is 21.3 Å². The van der Waals surface area contributed by atoms with Crippen LogP contribution in [0.2, 0.25) is 0 Å². The molecule has 2 heterocycles. The van der Waals surface area contributed by atoms with Crippen molar-refractivity contribution < 1.29 is 13.9 Å². The number of ether oxygens (including phenoxy) is 1. The summed E-state index contributed by atoms with van der Waals surface area (Å²) in [6.07, 6.45) is 0. The summed E-state index contributed by atoms with van der Waals surface area (Å²) in [6.45, 7) is 0. The van der Waals surface area contributed by atoms with Crippen LogP contribution in [-0.2, 0) is 0 Å². The van der Waals surface area contributed by atoms with Crippen molar-refractivity contribution in [1.82, 2.24) is 10.2 Å². The van der Waals surface area contributed by atoms with E-state index in [4.69, 9.17) is 4.74 Å². The second-order valence-corrected chi connectivity index (χ2v) is 8.11. The van der Waals surface area contributed by atoms with E-state index in [2.05, 4.69) is 26.1 Å². The van der Waals surface area contributed by atoms with Crippen LogP contribution in [0.1, 0.15) is 27.7 Å². The number of fused-ring (bicyclic) bond motifs is 1. The van der Waals surface area contributed by atoms with Crippen LogP contribution in [0.5, 0.6) is 5.75 Å². The van der Waals surface area contributed by atoms with Gasteiger partial charge in [0.2, 0.25) is 0 Å². The molecule has 1 aliphatic rings. The molecule has 0 saturated heterocycles. The van der Waals surface area contributed by atoms with Gasteiger partial charge in [0.1, 0.15) is 17.3 Å². The maximum Gasteiger partial charge on any atom is 0.277 e. The van der Waals surface area contributed by atoms with Crippen molar-refractivity contribution in [3.63, 3.8) is 0 Å². The molecule has 0 bridgehead atoms. The molecule has 3 aromatic carbocycles. The fraction of sp³-hybridized carbons (Fsp3) is 0.0833. The molecule has 1 aliphatic heterocycles. The predicted molar refractivity (Wildman–Crippen MR) is 120 cm³/mol. The van der Waals surface area contributed by atoms with Crippen LogP contribution < -0.4 is 9.64 Å². The van der Waals surface area contributed by atoms with Gasteiger partial charge >= 0.3 is 0 Å². The monoisotopic (exact) mass is 477 g/mol. The maximum absolute atomic E-state index is 13.7. The highest BCUT2D eigenvalue weighted by Crippen LogP contribution is 2.45. The number of aromatic amines is 1. The van der Waals surface area contributed by atoms with E-state index in [9.17, 15) is 9.18 Å². The molecule has 1 N–H and O–H groups in total. The fourth-order valence-corrected chi connectivity index (χ4v) is 4.21. The highest BCUT2D eigenvalue weighted by molar-refractivity contribution is 9.10. The number of carbonyl (C=O) groups is 1. The number of H-pyrrole nitrogens is 1. The molecule has 1 atom stereocenters. The molecule has 0 radical (unpaired) electrons. The Morgan fingerprint density at radius 1 is 1.00 bits per heavy atom. The maximum atomic E-state index is 13.7. The normalized spacial score (nSPS) is 15.3. The summed E-state index contributed by atoms with van der Waals surface area (Å²) in [5.41, 5.74) is 4.28. The number of amides is 1. The molecule has 31 heavy (non-hydrogen) atoms. The Morgan fingerprint density at radius 2 is 1.68 bits per heavy atom. The van der Waals surface area contributed by atoms with Gasteiger partial charge in [-0.25, -0.2) is 4.39 Å². The molecule has 0 fully saturated rings. The van der Waals surface area contributed by atoms with E-state index < -0.39 is 6.04 Å². The zero-order valence-corrected chi connectivity index (χ0v) is 18.1. The number of methoxy groups -OCH3 is 1. The van der Waals surface area contributed by atoms with Gasteiger partial charge in [-0.3, -0.25) is 14.8 Å². The van der Waals surface area contributed by atoms with Gasteiger partial charge in [-0.2, -0.15) is 5.10 Å². The van der Waals surface area contributed by atoms with Crippen LogP contribution >= 0.6 is 15.9 Å². The molecular formula is C24H17BrFN3O2. The van der Waals surface area contributed by atoms with Gasteiger partial charge in [-0.05, 0) is 66.2 Å². The average molecular weight is 478 g/mol. The first-order chi connectivity index (χ1) is 15.1. The summed E-state index contributed by atoms with van der Waals surface area (Å²) < 4.78 is 19.8. The minimum Gasteiger partial charge on any atom is -0.497 e. The third-order valence-corrected chi connectivity index (χ3v) is 5.95. The second-order valence-electron chi connectivity index (χ2n) is 7.20. The van der Waals surface area contributed by atoms with E-state index >= 15 is 0 Å². The molecule has 4 aromatic rings. The Hall–Kier alpha value is -3.45. The van der Waals surface area contributed by atoms with Crippen LogP contribution in [0.3, 0.4) is 0 Å². The van der Waals surface area contributed by atoms with Crippen molar-refractivity contribution in [3.05, 3.63) is 99.9 Å². The van der Waals surface area contributed by atoms with Crippen LogP contribution in [0.25, 0.3) is 11.3 Å². The lowest BCUT2D eigenvalue weighted by Gasteiger charge is -2.26. The van der Waals surface area contributed by atoms with Crippen molar-refractivity contribution in [2.75, 3.05) is 12.0 Å². The van der Waals surface area contributed by atoms with Crippen LogP contribution in [0.4, 0.5) is 10.1 Å². The Morgan fingerprint density at radius 3 is 2.32 bits per heavy atom. The van der Waals surface area contributed by atoms with Crippen LogP contribution in [-0.4, -0.2) is 23.2 Å². The first-order valence-electron chi connectivity index (χ1n) is 9.64. The Labute approximate surface area is 186 Å². The number of hydrogen-bond donors (Lipinski definition) is 1. The summed E-state index contributed by atoms with van der Waals surface area (Å²) in [6, 6.07) is 20.8. The van der Waals surface area contributed by atoms with Crippen molar-refractivity contribution in [2.45, 2.75) is 6.04 Å². The highest BCUT2D eigenvalue weighted by atomic mass is 79.9. The van der Waals surface area contributed by atoms with Gasteiger partial charge < -0.3 is 4.74 Å². The summed E-state index contributed by atoms with van der Waals surface area (Å²) in [7, 11) is 1.61. The summed E-state index contributed by atoms with van der Waals surface area (Å²) in [4.78, 5) is 15.1.